The molecule has 0 saturated heterocycles. The Kier molecular flexibility index (Phi) is 2.00. The van der Waals surface area contributed by atoms with Crippen LogP contribution in [0.4, 0.5) is 0 Å². The lowest BCUT2D eigenvalue weighted by atomic mass is 10.2. The molecule has 0 amide bonds. The van der Waals surface area contributed by atoms with Gasteiger partial charge in [0.15, 0.2) is 0 Å². The van der Waals surface area contributed by atoms with Gasteiger partial charge in [0.1, 0.15) is 0 Å². The Labute approximate surface area is 87.4 Å². The van der Waals surface area contributed by atoms with Gasteiger partial charge in [-0.3, -0.25) is 0 Å². The molecule has 3 heteroatoms. The third-order valence-corrected chi connectivity index (χ3v) is 3.25. The van der Waals surface area contributed by atoms with Crippen LogP contribution in [0.5, 0.6) is 0 Å². The highest BCUT2D eigenvalue weighted by Gasteiger charge is 2.03. The second-order valence-electron chi connectivity index (χ2n) is 2.75. The monoisotopic (exact) mass is 287 g/mol. The highest BCUT2D eigenvalue weighted by atomic mass is 79.9. The van der Waals surface area contributed by atoms with Crippen LogP contribution in [-0.4, -0.2) is 4.98 Å². The standard InChI is InChI=1S/C9H7Br2N/c1-5-7-3-2-6(10)4-8(7)12-9(5)11/h2-4,12H,1H3. The highest BCUT2D eigenvalue weighted by molar-refractivity contribution is 9.10. The van der Waals surface area contributed by atoms with Gasteiger partial charge in [-0.2, -0.15) is 0 Å². The van der Waals surface area contributed by atoms with E-state index in [-0.39, 0.29) is 0 Å². The van der Waals surface area contributed by atoms with E-state index in [0.717, 1.165) is 14.6 Å². The van der Waals surface area contributed by atoms with E-state index in [1.54, 1.807) is 0 Å². The quantitative estimate of drug-likeness (QED) is 0.754. The summed E-state index contributed by atoms with van der Waals surface area (Å²) in [5.74, 6) is 0. The molecule has 1 N–H and O–H groups in total. The third kappa shape index (κ3) is 1.21. The van der Waals surface area contributed by atoms with Gasteiger partial charge in [-0.15, -0.1) is 0 Å². The average Bonchev–Trinajstić information content (AvgIpc) is 2.28. The van der Waals surface area contributed by atoms with Gasteiger partial charge in [-0.25, -0.2) is 0 Å². The zero-order chi connectivity index (χ0) is 8.72. The van der Waals surface area contributed by atoms with E-state index < -0.39 is 0 Å². The molecule has 62 valence electrons. The molecule has 1 heterocycles. The summed E-state index contributed by atoms with van der Waals surface area (Å²) in [5, 5.41) is 1.27. The summed E-state index contributed by atoms with van der Waals surface area (Å²) in [6.45, 7) is 2.09. The number of hydrogen-bond donors (Lipinski definition) is 1. The van der Waals surface area contributed by atoms with Crippen molar-refractivity contribution in [3.63, 3.8) is 0 Å². The first-order valence-corrected chi connectivity index (χ1v) is 5.20. The van der Waals surface area contributed by atoms with Crippen molar-refractivity contribution >= 4 is 42.8 Å². The van der Waals surface area contributed by atoms with Crippen molar-refractivity contribution in [2.24, 2.45) is 0 Å². The number of fused-ring (bicyclic) bond motifs is 1. The summed E-state index contributed by atoms with van der Waals surface area (Å²) in [4.78, 5) is 3.25. The smallest absolute Gasteiger partial charge is 0.0860 e. The molecule has 1 aromatic carbocycles. The second-order valence-corrected chi connectivity index (χ2v) is 4.46. The number of H-pyrrole nitrogens is 1. The molecule has 12 heavy (non-hydrogen) atoms. The van der Waals surface area contributed by atoms with Gasteiger partial charge in [0, 0.05) is 15.4 Å². The van der Waals surface area contributed by atoms with E-state index >= 15 is 0 Å². The third-order valence-electron chi connectivity index (χ3n) is 1.96. The summed E-state index contributed by atoms with van der Waals surface area (Å²) in [5.41, 5.74) is 2.42. The lowest BCUT2D eigenvalue weighted by Crippen LogP contribution is -1.68. The van der Waals surface area contributed by atoms with E-state index in [9.17, 15) is 0 Å². The van der Waals surface area contributed by atoms with Crippen LogP contribution in [0.25, 0.3) is 10.9 Å². The molecule has 0 fully saturated rings. The fourth-order valence-corrected chi connectivity index (χ4v) is 2.07. The Morgan fingerprint density at radius 2 is 2.00 bits per heavy atom. The van der Waals surface area contributed by atoms with Gasteiger partial charge < -0.3 is 4.98 Å². The molecular weight excluding hydrogens is 282 g/mol. The SMILES string of the molecule is Cc1c(Br)[nH]c2cc(Br)ccc12. The predicted molar refractivity (Wildman–Crippen MR) is 58.4 cm³/mol. The summed E-state index contributed by atoms with van der Waals surface area (Å²) in [7, 11) is 0. The van der Waals surface area contributed by atoms with Crippen LogP contribution in [0.15, 0.2) is 27.3 Å². The minimum atomic E-state index is 1.07. The number of aromatic amines is 1. The first-order chi connectivity index (χ1) is 5.68. The Morgan fingerprint density at radius 1 is 1.25 bits per heavy atom. The number of benzene rings is 1. The molecular formula is C9H7Br2N. The predicted octanol–water partition coefficient (Wildman–Crippen LogP) is 4.00. The van der Waals surface area contributed by atoms with Crippen molar-refractivity contribution in [2.75, 3.05) is 0 Å². The molecule has 0 radical (unpaired) electrons. The maximum absolute atomic E-state index is 3.46. The van der Waals surface area contributed by atoms with Crippen LogP contribution in [0, 0.1) is 6.92 Å². The van der Waals surface area contributed by atoms with Crippen LogP contribution in [-0.2, 0) is 0 Å². The maximum Gasteiger partial charge on any atom is 0.0860 e. The number of nitrogens with one attached hydrogen (secondary N) is 1. The zero-order valence-electron chi connectivity index (χ0n) is 6.49. The van der Waals surface area contributed by atoms with Gasteiger partial charge >= 0.3 is 0 Å². The molecule has 2 aromatic rings. The highest BCUT2D eigenvalue weighted by Crippen LogP contribution is 2.27. The van der Waals surface area contributed by atoms with Gasteiger partial charge in [0.25, 0.3) is 0 Å². The van der Waals surface area contributed by atoms with Crippen LogP contribution in [0.2, 0.25) is 0 Å². The number of aromatic nitrogens is 1. The first-order valence-electron chi connectivity index (χ1n) is 3.62. The fraction of sp³-hybridized carbons (Fsp3) is 0.111. The number of rotatable bonds is 0. The number of hydrogen-bond acceptors (Lipinski definition) is 0. The van der Waals surface area contributed by atoms with E-state index in [1.165, 1.54) is 10.9 Å². The molecule has 0 aliphatic carbocycles. The van der Waals surface area contributed by atoms with E-state index in [4.69, 9.17) is 0 Å². The molecule has 0 bridgehead atoms. The van der Waals surface area contributed by atoms with Gasteiger partial charge in [-0.1, -0.05) is 22.0 Å². The first kappa shape index (κ1) is 8.32. The molecule has 2 rings (SSSR count). The van der Waals surface area contributed by atoms with E-state index in [2.05, 4.69) is 62.0 Å². The Bertz CT molecular complexity index is 431. The molecule has 0 saturated carbocycles. The minimum Gasteiger partial charge on any atom is -0.349 e. The second kappa shape index (κ2) is 2.89. The molecule has 0 aliphatic heterocycles. The van der Waals surface area contributed by atoms with Crippen LogP contribution >= 0.6 is 31.9 Å². The zero-order valence-corrected chi connectivity index (χ0v) is 9.66. The molecule has 0 spiro atoms. The van der Waals surface area contributed by atoms with Crippen LogP contribution in [0.3, 0.4) is 0 Å². The Morgan fingerprint density at radius 3 is 2.75 bits per heavy atom. The van der Waals surface area contributed by atoms with Crippen molar-refractivity contribution in [3.8, 4) is 0 Å². The summed E-state index contributed by atoms with van der Waals surface area (Å²) in [6, 6.07) is 6.23. The van der Waals surface area contributed by atoms with Crippen LogP contribution in [0.1, 0.15) is 5.56 Å². The average molecular weight is 289 g/mol. The Hall–Kier alpha value is -0.280. The number of halogens is 2. The summed E-state index contributed by atoms with van der Waals surface area (Å²) >= 11 is 6.89. The van der Waals surface area contributed by atoms with Crippen molar-refractivity contribution in [1.29, 1.82) is 0 Å². The minimum absolute atomic E-state index is 1.07. The van der Waals surface area contributed by atoms with Gasteiger partial charge in [-0.05, 0) is 40.5 Å². The van der Waals surface area contributed by atoms with Gasteiger partial charge in [0.2, 0.25) is 0 Å². The van der Waals surface area contributed by atoms with Crippen molar-refractivity contribution < 1.29 is 0 Å². The lowest BCUT2D eigenvalue weighted by molar-refractivity contribution is 1.36. The van der Waals surface area contributed by atoms with Crippen LogP contribution < -0.4 is 0 Å². The van der Waals surface area contributed by atoms with E-state index in [0.29, 0.717) is 0 Å². The molecule has 1 aromatic heterocycles. The number of aryl methyl sites for hydroxylation is 1. The molecule has 0 aliphatic rings. The lowest BCUT2D eigenvalue weighted by Gasteiger charge is -1.91. The summed E-state index contributed by atoms with van der Waals surface area (Å²) in [6.07, 6.45) is 0. The largest absolute Gasteiger partial charge is 0.349 e. The molecule has 1 nitrogen and oxygen atoms in total. The Balaban J connectivity index is 2.87. The van der Waals surface area contributed by atoms with Crippen molar-refractivity contribution in [2.45, 2.75) is 6.92 Å². The summed E-state index contributed by atoms with van der Waals surface area (Å²) < 4.78 is 2.17. The topological polar surface area (TPSA) is 15.8 Å². The van der Waals surface area contributed by atoms with Crippen molar-refractivity contribution in [1.82, 2.24) is 4.98 Å². The van der Waals surface area contributed by atoms with Gasteiger partial charge in [0.05, 0.1) is 4.60 Å². The maximum atomic E-state index is 3.46. The van der Waals surface area contributed by atoms with Crippen molar-refractivity contribution in [3.05, 3.63) is 32.8 Å². The van der Waals surface area contributed by atoms with E-state index in [1.807, 2.05) is 0 Å². The fourth-order valence-electron chi connectivity index (χ4n) is 1.28. The normalized spacial score (nSPS) is 10.9. The molecule has 0 atom stereocenters. The molecule has 0 unspecified atom stereocenters.